The van der Waals surface area contributed by atoms with E-state index in [-0.39, 0.29) is 12.0 Å². The van der Waals surface area contributed by atoms with Crippen LogP contribution in [0.4, 0.5) is 0 Å². The summed E-state index contributed by atoms with van der Waals surface area (Å²) in [6.45, 7) is 7.15. The molecule has 2 heterocycles. The van der Waals surface area contributed by atoms with Crippen LogP contribution in [0.3, 0.4) is 0 Å². The largest absolute Gasteiger partial charge is 0.459 e. The van der Waals surface area contributed by atoms with Crippen molar-refractivity contribution in [3.8, 4) is 11.8 Å². The summed E-state index contributed by atoms with van der Waals surface area (Å²) in [5.74, 6) is 7.65. The fraction of sp³-hybridized carbons (Fsp3) is 0.333. The van der Waals surface area contributed by atoms with E-state index < -0.39 is 0 Å². The molecule has 0 unspecified atom stereocenters. The van der Waals surface area contributed by atoms with Gasteiger partial charge < -0.3 is 14.3 Å². The maximum atomic E-state index is 9.55. The summed E-state index contributed by atoms with van der Waals surface area (Å²) in [6, 6.07) is 5.85. The van der Waals surface area contributed by atoms with Crippen molar-refractivity contribution in [3.05, 3.63) is 69.8 Å². The average Bonchev–Trinajstić information content (AvgIpc) is 3.31. The summed E-state index contributed by atoms with van der Waals surface area (Å²) >= 11 is 1.68. The molecule has 2 rings (SSSR count). The Balaban J connectivity index is 1.80. The van der Waals surface area contributed by atoms with E-state index in [2.05, 4.69) is 44.1 Å². The molecular weight excluding hydrogens is 368 g/mol. The maximum absolute atomic E-state index is 9.55. The number of aliphatic hydroxyl groups is 1. The van der Waals surface area contributed by atoms with E-state index >= 15 is 0 Å². The molecule has 0 saturated heterocycles. The van der Waals surface area contributed by atoms with Crippen LogP contribution in [0.5, 0.6) is 0 Å². The van der Waals surface area contributed by atoms with Gasteiger partial charge in [-0.25, -0.2) is 0 Å². The fourth-order valence-corrected chi connectivity index (χ4v) is 2.86. The summed E-state index contributed by atoms with van der Waals surface area (Å²) in [7, 11) is 0. The van der Waals surface area contributed by atoms with Gasteiger partial charge in [0.1, 0.15) is 18.1 Å². The Kier molecular flexibility index (Phi) is 9.03. The predicted molar refractivity (Wildman–Crippen MR) is 118 cm³/mol. The minimum Gasteiger partial charge on any atom is -0.459 e. The third-order valence-corrected chi connectivity index (χ3v) is 4.27. The Morgan fingerprint density at radius 1 is 1.25 bits per heavy atom. The van der Waals surface area contributed by atoms with Gasteiger partial charge in [-0.15, -0.1) is 0 Å². The molecule has 0 aliphatic carbocycles. The van der Waals surface area contributed by atoms with Gasteiger partial charge in [0.05, 0.1) is 13.2 Å². The van der Waals surface area contributed by atoms with E-state index in [9.17, 15) is 5.11 Å². The predicted octanol–water partition coefficient (Wildman–Crippen LogP) is 5.94. The molecule has 2 aromatic heterocycles. The molecule has 0 fully saturated rings. The Morgan fingerprint density at radius 2 is 2.11 bits per heavy atom. The molecule has 0 radical (unpaired) electrons. The van der Waals surface area contributed by atoms with E-state index in [4.69, 9.17) is 9.15 Å². The smallest absolute Gasteiger partial charge is 0.130 e. The molecular formula is C24H28O3S. The summed E-state index contributed by atoms with van der Waals surface area (Å²) < 4.78 is 11.4. The van der Waals surface area contributed by atoms with E-state index in [1.165, 1.54) is 5.56 Å². The minimum absolute atomic E-state index is 0.00762. The summed E-state index contributed by atoms with van der Waals surface area (Å²) in [5.41, 5.74) is 2.05. The summed E-state index contributed by atoms with van der Waals surface area (Å²) in [4.78, 5) is 0. The molecule has 3 nitrogen and oxygen atoms in total. The Bertz CT molecular complexity index is 850. The van der Waals surface area contributed by atoms with Crippen LogP contribution >= 0.6 is 11.3 Å². The maximum Gasteiger partial charge on any atom is 0.130 e. The highest BCUT2D eigenvalue weighted by molar-refractivity contribution is 7.08. The molecule has 0 atom stereocenters. The van der Waals surface area contributed by atoms with Crippen molar-refractivity contribution in [3.63, 3.8) is 0 Å². The van der Waals surface area contributed by atoms with Crippen LogP contribution in [0.15, 0.2) is 57.2 Å². The van der Waals surface area contributed by atoms with E-state index in [1.807, 2.05) is 47.9 Å². The van der Waals surface area contributed by atoms with Gasteiger partial charge in [0.2, 0.25) is 0 Å². The van der Waals surface area contributed by atoms with Crippen molar-refractivity contribution in [2.24, 2.45) is 5.41 Å². The van der Waals surface area contributed by atoms with Crippen molar-refractivity contribution in [2.45, 2.75) is 33.8 Å². The molecule has 1 N–H and O–H groups in total. The average molecular weight is 397 g/mol. The van der Waals surface area contributed by atoms with Crippen LogP contribution in [0, 0.1) is 17.3 Å². The lowest BCUT2D eigenvalue weighted by atomic mass is 9.98. The van der Waals surface area contributed by atoms with Gasteiger partial charge >= 0.3 is 0 Å². The third kappa shape index (κ3) is 9.05. The second-order valence-electron chi connectivity index (χ2n) is 7.36. The Labute approximate surface area is 172 Å². The number of hydrogen-bond acceptors (Lipinski definition) is 4. The molecule has 28 heavy (non-hydrogen) atoms. The van der Waals surface area contributed by atoms with Crippen LogP contribution in [-0.2, 0) is 11.3 Å². The molecule has 0 aliphatic heterocycles. The first-order valence-corrected chi connectivity index (χ1v) is 10.2. The standard InChI is InChI=1S/C24H28O3S/c1-24(2,3)13-6-4-5-8-21(17-25)16-22-10-11-23(27-22)18-26-14-7-9-20-12-15-28-19-20/h4-5,7,9-12,15-16,19,25H,8,14,17-18H2,1-3H3/b5-4+,9-7+,21-16+. The van der Waals surface area contributed by atoms with Crippen LogP contribution in [0.25, 0.3) is 12.2 Å². The van der Waals surface area contributed by atoms with Crippen LogP contribution in [-0.4, -0.2) is 18.3 Å². The van der Waals surface area contributed by atoms with Crippen molar-refractivity contribution in [1.29, 1.82) is 0 Å². The number of aliphatic hydroxyl groups excluding tert-OH is 1. The zero-order chi connectivity index (χ0) is 20.2. The highest BCUT2D eigenvalue weighted by Crippen LogP contribution is 2.15. The lowest BCUT2D eigenvalue weighted by molar-refractivity contribution is 0.131. The third-order valence-electron chi connectivity index (χ3n) is 3.57. The first-order chi connectivity index (χ1) is 13.5. The van der Waals surface area contributed by atoms with Gasteiger partial charge in [0.25, 0.3) is 0 Å². The minimum atomic E-state index is -0.0169. The molecule has 0 saturated carbocycles. The molecule has 2 aromatic rings. The van der Waals surface area contributed by atoms with Crippen LogP contribution in [0.1, 0.15) is 44.3 Å². The van der Waals surface area contributed by atoms with Crippen molar-refractivity contribution >= 4 is 23.5 Å². The van der Waals surface area contributed by atoms with Gasteiger partial charge in [0.15, 0.2) is 0 Å². The number of allylic oxidation sites excluding steroid dienone is 2. The molecule has 0 amide bonds. The SMILES string of the molecule is CC(C)(C)C#C/C=C/C/C(=C\c1ccc(COC/C=C/c2ccsc2)o1)CO. The monoisotopic (exact) mass is 396 g/mol. The van der Waals surface area contributed by atoms with Crippen molar-refractivity contribution < 1.29 is 14.3 Å². The number of thiophene rings is 1. The highest BCUT2D eigenvalue weighted by atomic mass is 32.1. The van der Waals surface area contributed by atoms with Gasteiger partial charge in [-0.2, -0.15) is 11.3 Å². The molecule has 4 heteroatoms. The lowest BCUT2D eigenvalue weighted by Gasteiger charge is -2.05. The molecule has 0 spiro atoms. The second-order valence-corrected chi connectivity index (χ2v) is 8.14. The molecule has 0 bridgehead atoms. The first kappa shape index (κ1) is 22.0. The lowest BCUT2D eigenvalue weighted by Crippen LogP contribution is -1.98. The zero-order valence-corrected chi connectivity index (χ0v) is 17.6. The fourth-order valence-electron chi connectivity index (χ4n) is 2.23. The topological polar surface area (TPSA) is 42.6 Å². The highest BCUT2D eigenvalue weighted by Gasteiger charge is 2.03. The number of ether oxygens (including phenoxy) is 1. The number of rotatable bonds is 9. The molecule has 0 aromatic carbocycles. The summed E-state index contributed by atoms with van der Waals surface area (Å²) in [5, 5.41) is 13.7. The van der Waals surface area contributed by atoms with Gasteiger partial charge in [-0.05, 0) is 79.4 Å². The zero-order valence-electron chi connectivity index (χ0n) is 16.8. The number of furan rings is 1. The quantitative estimate of drug-likeness (QED) is 0.421. The molecule has 148 valence electrons. The van der Waals surface area contributed by atoms with Crippen LogP contribution < -0.4 is 0 Å². The van der Waals surface area contributed by atoms with Gasteiger partial charge in [-0.3, -0.25) is 0 Å². The normalized spacial score (nSPS) is 12.6. The van der Waals surface area contributed by atoms with Crippen LogP contribution in [0.2, 0.25) is 0 Å². The van der Waals surface area contributed by atoms with Crippen molar-refractivity contribution in [2.75, 3.05) is 13.2 Å². The van der Waals surface area contributed by atoms with E-state index in [0.29, 0.717) is 25.4 Å². The van der Waals surface area contributed by atoms with E-state index in [0.717, 1.165) is 11.3 Å². The van der Waals surface area contributed by atoms with Crippen molar-refractivity contribution in [1.82, 2.24) is 0 Å². The molecule has 0 aliphatic rings. The Hall–Kier alpha value is -2.32. The summed E-state index contributed by atoms with van der Waals surface area (Å²) in [6.07, 6.45) is 10.3. The first-order valence-electron chi connectivity index (χ1n) is 9.29. The van der Waals surface area contributed by atoms with E-state index in [1.54, 1.807) is 11.3 Å². The number of hydrogen-bond donors (Lipinski definition) is 1. The second kappa shape index (κ2) is 11.5. The Morgan fingerprint density at radius 3 is 2.82 bits per heavy atom. The van der Waals surface area contributed by atoms with Gasteiger partial charge in [0, 0.05) is 5.41 Å². The van der Waals surface area contributed by atoms with Gasteiger partial charge in [-0.1, -0.05) is 30.1 Å².